The molecule has 2 rings (SSSR count). The fourth-order valence-electron chi connectivity index (χ4n) is 1.44. The van der Waals surface area contributed by atoms with Crippen LogP contribution >= 0.6 is 11.6 Å². The van der Waals surface area contributed by atoms with Crippen LogP contribution in [0.25, 0.3) is 0 Å². The van der Waals surface area contributed by atoms with Crippen LogP contribution in [0, 0.1) is 0 Å². The van der Waals surface area contributed by atoms with Gasteiger partial charge in [0.15, 0.2) is 0 Å². The Morgan fingerprint density at radius 3 is 2.45 bits per heavy atom. The van der Waals surface area contributed by atoms with Crippen molar-refractivity contribution in [3.63, 3.8) is 0 Å². The van der Waals surface area contributed by atoms with Crippen LogP contribution in [0.1, 0.15) is 13.3 Å². The summed E-state index contributed by atoms with van der Waals surface area (Å²) in [7, 11) is 1.74. The maximum absolute atomic E-state index is 5.85. The van der Waals surface area contributed by atoms with Crippen LogP contribution in [0.15, 0.2) is 24.3 Å². The van der Waals surface area contributed by atoms with E-state index in [1.54, 1.807) is 19.2 Å². The lowest BCUT2D eigenvalue weighted by Crippen LogP contribution is -2.07. The average Bonchev–Trinajstić information content (AvgIpc) is 2.47. The summed E-state index contributed by atoms with van der Waals surface area (Å²) in [5.74, 6) is 0.861. The number of nitrogens with zero attached hydrogens (tertiary/aromatic N) is 3. The van der Waals surface area contributed by atoms with Crippen LogP contribution in [-0.2, 0) is 0 Å². The summed E-state index contributed by atoms with van der Waals surface area (Å²) in [5.41, 5.74) is 0.837. The number of aromatic nitrogens is 3. The van der Waals surface area contributed by atoms with Crippen molar-refractivity contribution in [3.05, 3.63) is 29.3 Å². The van der Waals surface area contributed by atoms with Crippen molar-refractivity contribution in [2.45, 2.75) is 13.3 Å². The van der Waals surface area contributed by atoms with Gasteiger partial charge in [-0.1, -0.05) is 18.5 Å². The van der Waals surface area contributed by atoms with Crippen molar-refractivity contribution >= 4 is 29.2 Å². The molecule has 2 aromatic rings. The summed E-state index contributed by atoms with van der Waals surface area (Å²) in [6.45, 7) is 2.58. The van der Waals surface area contributed by atoms with Crippen LogP contribution in [0.5, 0.6) is 6.01 Å². The van der Waals surface area contributed by atoms with Crippen molar-refractivity contribution in [2.24, 2.45) is 0 Å². The Labute approximate surface area is 122 Å². The second-order valence-electron chi connectivity index (χ2n) is 4.00. The molecule has 0 amide bonds. The Balaban J connectivity index is 2.19. The molecular weight excluding hydrogens is 278 g/mol. The smallest absolute Gasteiger partial charge is 0.323 e. The van der Waals surface area contributed by atoms with Gasteiger partial charge in [0.25, 0.3) is 0 Å². The Morgan fingerprint density at radius 1 is 1.10 bits per heavy atom. The highest BCUT2D eigenvalue weighted by molar-refractivity contribution is 6.30. The Morgan fingerprint density at radius 2 is 1.80 bits per heavy atom. The van der Waals surface area contributed by atoms with E-state index in [4.69, 9.17) is 16.3 Å². The SMILES string of the molecule is CCCOc1nc(NC)nc(Nc2ccc(Cl)cc2)n1. The number of nitrogens with one attached hydrogen (secondary N) is 2. The van der Waals surface area contributed by atoms with Crippen molar-refractivity contribution in [1.82, 2.24) is 15.0 Å². The monoisotopic (exact) mass is 293 g/mol. The van der Waals surface area contributed by atoms with Gasteiger partial charge in [-0.2, -0.15) is 15.0 Å². The quantitative estimate of drug-likeness (QED) is 0.853. The first-order valence-corrected chi connectivity index (χ1v) is 6.68. The van der Waals surface area contributed by atoms with Gasteiger partial charge in [0.2, 0.25) is 11.9 Å². The van der Waals surface area contributed by atoms with Gasteiger partial charge in [-0.05, 0) is 30.7 Å². The van der Waals surface area contributed by atoms with E-state index >= 15 is 0 Å². The molecule has 0 saturated heterocycles. The molecule has 6 nitrogen and oxygen atoms in total. The summed E-state index contributed by atoms with van der Waals surface area (Å²) in [4.78, 5) is 12.6. The van der Waals surface area contributed by atoms with Gasteiger partial charge in [0.1, 0.15) is 0 Å². The van der Waals surface area contributed by atoms with Gasteiger partial charge in [-0.3, -0.25) is 0 Å². The predicted molar refractivity (Wildman–Crippen MR) is 79.9 cm³/mol. The minimum absolute atomic E-state index is 0.294. The molecule has 1 aromatic carbocycles. The Kier molecular flexibility index (Phi) is 4.95. The normalized spacial score (nSPS) is 10.2. The van der Waals surface area contributed by atoms with Gasteiger partial charge in [0.05, 0.1) is 6.61 Å². The average molecular weight is 294 g/mol. The molecule has 0 bridgehead atoms. The zero-order chi connectivity index (χ0) is 14.4. The van der Waals surface area contributed by atoms with E-state index in [-0.39, 0.29) is 0 Å². The van der Waals surface area contributed by atoms with E-state index in [1.807, 2.05) is 19.1 Å². The number of rotatable bonds is 6. The third-order valence-corrected chi connectivity index (χ3v) is 2.63. The molecule has 0 aliphatic heterocycles. The van der Waals surface area contributed by atoms with Gasteiger partial charge >= 0.3 is 6.01 Å². The van der Waals surface area contributed by atoms with Crippen molar-refractivity contribution in [3.8, 4) is 6.01 Å². The molecule has 0 unspecified atom stereocenters. The fraction of sp³-hybridized carbons (Fsp3) is 0.308. The lowest BCUT2D eigenvalue weighted by molar-refractivity contribution is 0.292. The van der Waals surface area contributed by atoms with Gasteiger partial charge < -0.3 is 15.4 Å². The highest BCUT2D eigenvalue weighted by Gasteiger charge is 2.06. The molecule has 106 valence electrons. The second-order valence-corrected chi connectivity index (χ2v) is 4.43. The van der Waals surface area contributed by atoms with Crippen LogP contribution < -0.4 is 15.4 Å². The molecule has 2 N–H and O–H groups in total. The number of hydrogen-bond acceptors (Lipinski definition) is 6. The number of halogens is 1. The van der Waals surface area contributed by atoms with Crippen LogP contribution in [0.4, 0.5) is 17.6 Å². The summed E-state index contributed by atoms with van der Waals surface area (Å²) in [6, 6.07) is 7.56. The topological polar surface area (TPSA) is 72.0 Å². The molecule has 7 heteroatoms. The summed E-state index contributed by atoms with van der Waals surface area (Å²) in [5, 5.41) is 6.63. The molecule has 0 radical (unpaired) electrons. The predicted octanol–water partition coefficient (Wildman–Crippen LogP) is 3.10. The first-order chi connectivity index (χ1) is 9.71. The number of ether oxygens (including phenoxy) is 1. The minimum Gasteiger partial charge on any atom is -0.463 e. The van der Waals surface area contributed by atoms with Gasteiger partial charge in [0, 0.05) is 17.8 Å². The van der Waals surface area contributed by atoms with Crippen molar-refractivity contribution < 1.29 is 4.74 Å². The molecule has 0 atom stereocenters. The van der Waals surface area contributed by atoms with E-state index in [1.165, 1.54) is 0 Å². The molecular formula is C13H16ClN5O. The van der Waals surface area contributed by atoms with Gasteiger partial charge in [-0.15, -0.1) is 0 Å². The van der Waals surface area contributed by atoms with Crippen molar-refractivity contribution in [2.75, 3.05) is 24.3 Å². The second kappa shape index (κ2) is 6.91. The zero-order valence-electron chi connectivity index (χ0n) is 11.4. The van der Waals surface area contributed by atoms with Crippen LogP contribution in [0.3, 0.4) is 0 Å². The van der Waals surface area contributed by atoms with E-state index in [9.17, 15) is 0 Å². The van der Waals surface area contributed by atoms with E-state index in [0.29, 0.717) is 29.5 Å². The summed E-state index contributed by atoms with van der Waals surface area (Å²) < 4.78 is 5.43. The van der Waals surface area contributed by atoms with Crippen LogP contribution in [0.2, 0.25) is 5.02 Å². The van der Waals surface area contributed by atoms with Crippen LogP contribution in [-0.4, -0.2) is 28.6 Å². The number of hydrogen-bond donors (Lipinski definition) is 2. The lowest BCUT2D eigenvalue weighted by atomic mass is 10.3. The molecule has 1 aromatic heterocycles. The third-order valence-electron chi connectivity index (χ3n) is 2.37. The Bertz CT molecular complexity index is 561. The van der Waals surface area contributed by atoms with E-state index in [2.05, 4.69) is 25.6 Å². The molecule has 0 aliphatic rings. The van der Waals surface area contributed by atoms with E-state index < -0.39 is 0 Å². The maximum Gasteiger partial charge on any atom is 0.323 e. The molecule has 0 spiro atoms. The standard InChI is InChI=1S/C13H16ClN5O/c1-3-8-20-13-18-11(15-2)17-12(19-13)16-10-6-4-9(14)5-7-10/h4-7H,3,8H2,1-2H3,(H2,15,16,17,18,19). The Hall–Kier alpha value is -2.08. The molecule has 0 aliphatic carbocycles. The zero-order valence-corrected chi connectivity index (χ0v) is 12.1. The summed E-state index contributed by atoms with van der Waals surface area (Å²) >= 11 is 5.85. The fourth-order valence-corrected chi connectivity index (χ4v) is 1.57. The highest BCUT2D eigenvalue weighted by atomic mass is 35.5. The van der Waals surface area contributed by atoms with Crippen molar-refractivity contribution in [1.29, 1.82) is 0 Å². The minimum atomic E-state index is 0.294. The first-order valence-electron chi connectivity index (χ1n) is 6.30. The molecule has 1 heterocycles. The highest BCUT2D eigenvalue weighted by Crippen LogP contribution is 2.18. The number of anilines is 3. The summed E-state index contributed by atoms with van der Waals surface area (Å²) in [6.07, 6.45) is 0.889. The maximum atomic E-state index is 5.85. The molecule has 20 heavy (non-hydrogen) atoms. The molecule has 0 saturated carbocycles. The molecule has 0 fully saturated rings. The largest absolute Gasteiger partial charge is 0.463 e. The third kappa shape index (κ3) is 3.96. The lowest BCUT2D eigenvalue weighted by Gasteiger charge is -2.09. The number of benzene rings is 1. The van der Waals surface area contributed by atoms with Gasteiger partial charge in [-0.25, -0.2) is 0 Å². The van der Waals surface area contributed by atoms with E-state index in [0.717, 1.165) is 12.1 Å². The first kappa shape index (κ1) is 14.3.